The topological polar surface area (TPSA) is 49.9 Å². The van der Waals surface area contributed by atoms with E-state index in [0.29, 0.717) is 10.8 Å². The number of nitrogens with one attached hydrogen (secondary N) is 2. The number of H-pyrrole nitrogens is 1. The Morgan fingerprint density at radius 1 is 1.44 bits per heavy atom. The standard InChI is InChI=1S/C13H16ClN3O/c1-3-15-8-13-16-7-11(17-13)9-4-5-12(18-2)10(14)6-9/h4-7,15H,3,8H2,1-2H3,(H,16,17). The zero-order chi connectivity index (χ0) is 13.0. The maximum atomic E-state index is 6.10. The van der Waals surface area contributed by atoms with Crippen molar-refractivity contribution in [2.75, 3.05) is 13.7 Å². The molecule has 2 rings (SSSR count). The maximum absolute atomic E-state index is 6.10. The molecule has 96 valence electrons. The van der Waals surface area contributed by atoms with Crippen LogP contribution in [0.15, 0.2) is 24.4 Å². The summed E-state index contributed by atoms with van der Waals surface area (Å²) in [5.41, 5.74) is 1.95. The first-order valence-electron chi connectivity index (χ1n) is 5.83. The lowest BCUT2D eigenvalue weighted by atomic mass is 10.1. The van der Waals surface area contributed by atoms with Crippen molar-refractivity contribution in [1.29, 1.82) is 0 Å². The molecule has 0 atom stereocenters. The van der Waals surface area contributed by atoms with Crippen LogP contribution in [0.25, 0.3) is 11.3 Å². The van der Waals surface area contributed by atoms with Gasteiger partial charge in [0.05, 0.1) is 30.6 Å². The molecule has 0 saturated heterocycles. The summed E-state index contributed by atoms with van der Waals surface area (Å²) in [5.74, 6) is 1.59. The average molecular weight is 266 g/mol. The Hall–Kier alpha value is -1.52. The summed E-state index contributed by atoms with van der Waals surface area (Å²) in [6.45, 7) is 3.72. The van der Waals surface area contributed by atoms with Crippen LogP contribution < -0.4 is 10.1 Å². The molecule has 1 heterocycles. The molecule has 0 aliphatic carbocycles. The number of aromatic nitrogens is 2. The molecule has 5 heteroatoms. The van der Waals surface area contributed by atoms with E-state index in [1.165, 1.54) is 0 Å². The Kier molecular flexibility index (Phi) is 4.23. The van der Waals surface area contributed by atoms with Gasteiger partial charge >= 0.3 is 0 Å². The molecular formula is C13H16ClN3O. The molecule has 18 heavy (non-hydrogen) atoms. The number of hydrogen-bond acceptors (Lipinski definition) is 3. The van der Waals surface area contributed by atoms with Crippen LogP contribution in [0.1, 0.15) is 12.7 Å². The summed E-state index contributed by atoms with van der Waals surface area (Å²) in [6, 6.07) is 5.67. The van der Waals surface area contributed by atoms with Gasteiger partial charge in [0.2, 0.25) is 0 Å². The molecule has 0 bridgehead atoms. The number of nitrogens with zero attached hydrogens (tertiary/aromatic N) is 1. The van der Waals surface area contributed by atoms with Crippen LogP contribution in [0.5, 0.6) is 5.75 Å². The van der Waals surface area contributed by atoms with E-state index in [2.05, 4.69) is 22.2 Å². The second kappa shape index (κ2) is 5.89. The summed E-state index contributed by atoms with van der Waals surface area (Å²) in [5, 5.41) is 3.81. The van der Waals surface area contributed by atoms with Crippen LogP contribution in [0.3, 0.4) is 0 Å². The van der Waals surface area contributed by atoms with Crippen LogP contribution in [-0.2, 0) is 6.54 Å². The molecule has 0 aliphatic rings. The van der Waals surface area contributed by atoms with Crippen LogP contribution in [-0.4, -0.2) is 23.6 Å². The lowest BCUT2D eigenvalue weighted by molar-refractivity contribution is 0.415. The van der Waals surface area contributed by atoms with Gasteiger partial charge in [-0.15, -0.1) is 0 Å². The van der Waals surface area contributed by atoms with Gasteiger partial charge in [0.15, 0.2) is 0 Å². The third-order valence-corrected chi connectivity index (χ3v) is 2.93. The van der Waals surface area contributed by atoms with Crippen LogP contribution in [0.2, 0.25) is 5.02 Å². The largest absolute Gasteiger partial charge is 0.495 e. The highest BCUT2D eigenvalue weighted by atomic mass is 35.5. The zero-order valence-electron chi connectivity index (χ0n) is 10.5. The van der Waals surface area contributed by atoms with E-state index in [9.17, 15) is 0 Å². The number of imidazole rings is 1. The molecule has 1 aromatic heterocycles. The summed E-state index contributed by atoms with van der Waals surface area (Å²) >= 11 is 6.10. The third kappa shape index (κ3) is 2.83. The minimum Gasteiger partial charge on any atom is -0.495 e. The molecule has 0 radical (unpaired) electrons. The Morgan fingerprint density at radius 3 is 2.94 bits per heavy atom. The van der Waals surface area contributed by atoms with Gasteiger partial charge in [0.1, 0.15) is 11.6 Å². The van der Waals surface area contributed by atoms with E-state index in [4.69, 9.17) is 16.3 Å². The molecule has 0 unspecified atom stereocenters. The highest BCUT2D eigenvalue weighted by Crippen LogP contribution is 2.29. The van der Waals surface area contributed by atoms with Gasteiger partial charge in [-0.25, -0.2) is 4.98 Å². The Labute approximate surface area is 111 Å². The first kappa shape index (κ1) is 12.9. The Balaban J connectivity index is 2.20. The van der Waals surface area contributed by atoms with E-state index in [1.807, 2.05) is 24.4 Å². The van der Waals surface area contributed by atoms with E-state index in [-0.39, 0.29) is 0 Å². The number of ether oxygens (including phenoxy) is 1. The molecular weight excluding hydrogens is 250 g/mol. The maximum Gasteiger partial charge on any atom is 0.137 e. The second-order valence-corrected chi connectivity index (χ2v) is 4.28. The molecule has 2 aromatic rings. The highest BCUT2D eigenvalue weighted by molar-refractivity contribution is 6.32. The fourth-order valence-electron chi connectivity index (χ4n) is 1.68. The predicted octanol–water partition coefficient (Wildman–Crippen LogP) is 2.85. The molecule has 2 N–H and O–H groups in total. The molecule has 0 amide bonds. The van der Waals surface area contributed by atoms with Gasteiger partial charge in [0.25, 0.3) is 0 Å². The lowest BCUT2D eigenvalue weighted by Gasteiger charge is -2.04. The number of halogens is 1. The molecule has 0 saturated carbocycles. The van der Waals surface area contributed by atoms with Crippen molar-refractivity contribution in [3.05, 3.63) is 35.2 Å². The first-order chi connectivity index (χ1) is 8.74. The SMILES string of the molecule is CCNCc1ncc(-c2ccc(OC)c(Cl)c2)[nH]1. The minimum atomic E-state index is 0.595. The number of methoxy groups -OCH3 is 1. The third-order valence-electron chi connectivity index (χ3n) is 2.63. The van der Waals surface area contributed by atoms with E-state index >= 15 is 0 Å². The van der Waals surface area contributed by atoms with Crippen LogP contribution >= 0.6 is 11.6 Å². The number of aromatic amines is 1. The Bertz CT molecular complexity index is 525. The average Bonchev–Trinajstić information content (AvgIpc) is 2.85. The van der Waals surface area contributed by atoms with Crippen LogP contribution in [0, 0.1) is 0 Å². The molecule has 0 spiro atoms. The van der Waals surface area contributed by atoms with Gasteiger partial charge in [-0.3, -0.25) is 0 Å². The summed E-state index contributed by atoms with van der Waals surface area (Å²) < 4.78 is 5.13. The van der Waals surface area contributed by atoms with Crippen molar-refractivity contribution < 1.29 is 4.74 Å². The molecule has 4 nitrogen and oxygen atoms in total. The summed E-state index contributed by atoms with van der Waals surface area (Å²) in [6.07, 6.45) is 1.81. The fourth-order valence-corrected chi connectivity index (χ4v) is 1.93. The predicted molar refractivity (Wildman–Crippen MR) is 73.0 cm³/mol. The van der Waals surface area contributed by atoms with Gasteiger partial charge < -0.3 is 15.0 Å². The quantitative estimate of drug-likeness (QED) is 0.874. The minimum absolute atomic E-state index is 0.595. The monoisotopic (exact) mass is 265 g/mol. The van der Waals surface area contributed by atoms with Crippen LogP contribution in [0.4, 0.5) is 0 Å². The smallest absolute Gasteiger partial charge is 0.137 e. The normalized spacial score (nSPS) is 10.6. The lowest BCUT2D eigenvalue weighted by Crippen LogP contribution is -2.12. The van der Waals surface area contributed by atoms with Gasteiger partial charge in [-0.1, -0.05) is 18.5 Å². The Morgan fingerprint density at radius 2 is 2.28 bits per heavy atom. The molecule has 0 aliphatic heterocycles. The highest BCUT2D eigenvalue weighted by Gasteiger charge is 2.06. The number of rotatable bonds is 5. The van der Waals surface area contributed by atoms with Gasteiger partial charge in [-0.2, -0.15) is 0 Å². The van der Waals surface area contributed by atoms with E-state index in [0.717, 1.165) is 30.2 Å². The van der Waals surface area contributed by atoms with Crippen molar-refractivity contribution in [1.82, 2.24) is 15.3 Å². The van der Waals surface area contributed by atoms with Crippen molar-refractivity contribution in [3.8, 4) is 17.0 Å². The zero-order valence-corrected chi connectivity index (χ0v) is 11.2. The number of benzene rings is 1. The summed E-state index contributed by atoms with van der Waals surface area (Å²) in [7, 11) is 1.60. The molecule has 0 fully saturated rings. The summed E-state index contributed by atoms with van der Waals surface area (Å²) in [4.78, 5) is 7.57. The fraction of sp³-hybridized carbons (Fsp3) is 0.308. The van der Waals surface area contributed by atoms with Crippen molar-refractivity contribution in [2.24, 2.45) is 0 Å². The second-order valence-electron chi connectivity index (χ2n) is 3.87. The van der Waals surface area contributed by atoms with Crippen molar-refractivity contribution >= 4 is 11.6 Å². The first-order valence-corrected chi connectivity index (χ1v) is 6.21. The van der Waals surface area contributed by atoms with E-state index < -0.39 is 0 Å². The molecule has 1 aromatic carbocycles. The van der Waals surface area contributed by atoms with Gasteiger partial charge in [0, 0.05) is 5.56 Å². The van der Waals surface area contributed by atoms with Gasteiger partial charge in [-0.05, 0) is 24.7 Å². The van der Waals surface area contributed by atoms with Crippen molar-refractivity contribution in [2.45, 2.75) is 13.5 Å². The van der Waals surface area contributed by atoms with E-state index in [1.54, 1.807) is 7.11 Å². The van der Waals surface area contributed by atoms with Crippen molar-refractivity contribution in [3.63, 3.8) is 0 Å². The number of hydrogen-bond donors (Lipinski definition) is 2.